The first-order chi connectivity index (χ1) is 13.8. The minimum absolute atomic E-state index is 0.248. The van der Waals surface area contributed by atoms with Crippen LogP contribution >= 0.6 is 0 Å². The molecule has 8 heteroatoms. The van der Waals surface area contributed by atoms with E-state index >= 15 is 0 Å². The van der Waals surface area contributed by atoms with Crippen LogP contribution in [-0.2, 0) is 25.9 Å². The number of fused-ring (bicyclic) bond motifs is 2. The van der Waals surface area contributed by atoms with Crippen LogP contribution in [0.5, 0.6) is 0 Å². The Morgan fingerprint density at radius 2 is 2.14 bits per heavy atom. The molecule has 1 aliphatic carbocycles. The number of imidazole rings is 1. The minimum atomic E-state index is -0.248. The van der Waals surface area contributed by atoms with Crippen LogP contribution in [0.25, 0.3) is 11.0 Å². The number of H-pyrrole nitrogens is 1. The van der Waals surface area contributed by atoms with Gasteiger partial charge in [-0.1, -0.05) is 12.1 Å². The van der Waals surface area contributed by atoms with Crippen molar-refractivity contribution in [1.82, 2.24) is 35.0 Å². The van der Waals surface area contributed by atoms with E-state index < -0.39 is 0 Å². The van der Waals surface area contributed by atoms with E-state index in [2.05, 4.69) is 30.5 Å². The van der Waals surface area contributed by atoms with Crippen molar-refractivity contribution in [1.29, 1.82) is 0 Å². The van der Waals surface area contributed by atoms with Crippen LogP contribution in [0.1, 0.15) is 39.7 Å². The summed E-state index contributed by atoms with van der Waals surface area (Å²) < 4.78 is 2.02. The highest BCUT2D eigenvalue weighted by molar-refractivity contribution is 5.92. The highest BCUT2D eigenvalue weighted by atomic mass is 16.1. The highest BCUT2D eigenvalue weighted by Crippen LogP contribution is 2.18. The number of carbonyl (C=O) groups excluding carboxylic acids is 1. The molecule has 0 unspecified atom stereocenters. The van der Waals surface area contributed by atoms with Crippen molar-refractivity contribution >= 4 is 16.9 Å². The van der Waals surface area contributed by atoms with E-state index in [9.17, 15) is 4.79 Å². The first-order valence-corrected chi connectivity index (χ1v) is 9.32. The van der Waals surface area contributed by atoms with Gasteiger partial charge in [-0.2, -0.15) is 5.10 Å². The second-order valence-corrected chi connectivity index (χ2v) is 6.93. The number of benzene rings is 1. The van der Waals surface area contributed by atoms with Gasteiger partial charge in [0.15, 0.2) is 0 Å². The molecular weight excluding hydrogens is 354 g/mol. The van der Waals surface area contributed by atoms with Gasteiger partial charge in [0.05, 0.1) is 36.1 Å². The monoisotopic (exact) mass is 373 g/mol. The fraction of sp³-hybridized carbons (Fsp3) is 0.250. The number of aryl methyl sites for hydroxylation is 2. The van der Waals surface area contributed by atoms with Crippen LogP contribution in [0.15, 0.2) is 42.9 Å². The third kappa shape index (κ3) is 3.13. The Labute approximate surface area is 161 Å². The Hall–Kier alpha value is -3.55. The summed E-state index contributed by atoms with van der Waals surface area (Å²) in [6.45, 7) is 0.856. The number of aromatic nitrogens is 6. The van der Waals surface area contributed by atoms with Crippen molar-refractivity contribution in [3.8, 4) is 0 Å². The molecule has 0 aliphatic heterocycles. The third-order valence-electron chi connectivity index (χ3n) is 5.00. The van der Waals surface area contributed by atoms with E-state index in [1.807, 2.05) is 35.0 Å². The molecule has 0 fully saturated rings. The van der Waals surface area contributed by atoms with E-state index in [1.54, 1.807) is 12.4 Å². The lowest BCUT2D eigenvalue weighted by Gasteiger charge is -2.04. The maximum absolute atomic E-state index is 12.4. The van der Waals surface area contributed by atoms with Crippen LogP contribution in [0.2, 0.25) is 0 Å². The predicted molar refractivity (Wildman–Crippen MR) is 103 cm³/mol. The fourth-order valence-electron chi connectivity index (χ4n) is 3.57. The molecule has 28 heavy (non-hydrogen) atoms. The van der Waals surface area contributed by atoms with Crippen molar-refractivity contribution in [2.24, 2.45) is 0 Å². The summed E-state index contributed by atoms with van der Waals surface area (Å²) in [5.41, 5.74) is 5.49. The quantitative estimate of drug-likeness (QED) is 0.557. The second kappa shape index (κ2) is 6.88. The molecule has 1 aromatic carbocycles. The van der Waals surface area contributed by atoms with Gasteiger partial charge in [0, 0.05) is 11.9 Å². The molecular formula is C20H19N7O. The van der Waals surface area contributed by atoms with E-state index in [0.717, 1.165) is 41.7 Å². The smallest absolute Gasteiger partial charge is 0.272 e. The number of carbonyl (C=O) groups is 1. The zero-order valence-corrected chi connectivity index (χ0v) is 15.2. The molecule has 0 saturated heterocycles. The Morgan fingerprint density at radius 1 is 1.21 bits per heavy atom. The molecule has 1 amide bonds. The van der Waals surface area contributed by atoms with Crippen LogP contribution in [0.4, 0.5) is 0 Å². The number of para-hydroxylation sites is 2. The van der Waals surface area contributed by atoms with Crippen molar-refractivity contribution in [3.63, 3.8) is 0 Å². The molecule has 0 bridgehead atoms. The number of aromatic amines is 1. The number of rotatable bonds is 5. The number of nitrogens with one attached hydrogen (secondary N) is 2. The number of hydrogen-bond acceptors (Lipinski definition) is 5. The molecule has 2 N–H and O–H groups in total. The maximum Gasteiger partial charge on any atom is 0.272 e. The molecule has 8 nitrogen and oxygen atoms in total. The number of nitrogens with zero attached hydrogens (tertiary/aromatic N) is 5. The molecule has 0 spiro atoms. The fourth-order valence-corrected chi connectivity index (χ4v) is 3.57. The summed E-state index contributed by atoms with van der Waals surface area (Å²) in [6, 6.07) is 9.69. The summed E-state index contributed by atoms with van der Waals surface area (Å²) in [6.07, 6.45) is 6.83. The third-order valence-corrected chi connectivity index (χ3v) is 5.00. The van der Waals surface area contributed by atoms with Crippen molar-refractivity contribution in [2.45, 2.75) is 32.4 Å². The Bertz CT molecular complexity index is 1160. The van der Waals surface area contributed by atoms with Crippen LogP contribution in [0.3, 0.4) is 0 Å². The van der Waals surface area contributed by atoms with Crippen molar-refractivity contribution in [2.75, 3.05) is 0 Å². The Morgan fingerprint density at radius 3 is 3.11 bits per heavy atom. The van der Waals surface area contributed by atoms with E-state index in [0.29, 0.717) is 24.6 Å². The van der Waals surface area contributed by atoms with Crippen molar-refractivity contribution < 1.29 is 4.79 Å². The zero-order chi connectivity index (χ0) is 18.9. The number of hydrogen-bond donors (Lipinski definition) is 2. The lowest BCUT2D eigenvalue weighted by molar-refractivity contribution is 0.0945. The van der Waals surface area contributed by atoms with E-state index in [4.69, 9.17) is 0 Å². The summed E-state index contributed by atoms with van der Waals surface area (Å²) in [4.78, 5) is 25.7. The van der Waals surface area contributed by atoms with E-state index in [1.165, 1.54) is 5.56 Å². The van der Waals surface area contributed by atoms with E-state index in [-0.39, 0.29) is 5.91 Å². The molecule has 3 aromatic heterocycles. The van der Waals surface area contributed by atoms with Gasteiger partial charge in [0.25, 0.3) is 5.91 Å². The van der Waals surface area contributed by atoms with Gasteiger partial charge >= 0.3 is 0 Å². The Kier molecular flexibility index (Phi) is 4.08. The van der Waals surface area contributed by atoms with Gasteiger partial charge in [-0.05, 0) is 43.0 Å². The molecule has 140 valence electrons. The van der Waals surface area contributed by atoms with Gasteiger partial charge in [-0.15, -0.1) is 0 Å². The van der Waals surface area contributed by atoms with Gasteiger partial charge in [0.1, 0.15) is 11.5 Å². The lowest BCUT2D eigenvalue weighted by Crippen LogP contribution is -2.24. The van der Waals surface area contributed by atoms with Crippen LogP contribution < -0.4 is 5.32 Å². The lowest BCUT2D eigenvalue weighted by atomic mass is 10.3. The molecule has 0 saturated carbocycles. The summed E-state index contributed by atoms with van der Waals surface area (Å²) in [5.74, 6) is 0.386. The standard InChI is InChI=1S/C20H19N7O/c28-20(22-10-19-21-9-13-4-3-6-15(13)24-19)17-8-14(25-26-17)11-27-12-23-16-5-1-2-7-18(16)27/h1-2,5,7-9,12H,3-4,6,10-11H2,(H,22,28)(H,25,26). The first kappa shape index (κ1) is 16.6. The summed E-state index contributed by atoms with van der Waals surface area (Å²) in [5, 5.41) is 9.91. The van der Waals surface area contributed by atoms with Gasteiger partial charge in [-0.25, -0.2) is 15.0 Å². The molecule has 3 heterocycles. The van der Waals surface area contributed by atoms with Crippen LogP contribution in [0, 0.1) is 0 Å². The average Bonchev–Trinajstić information content (AvgIpc) is 3.46. The summed E-state index contributed by atoms with van der Waals surface area (Å²) in [7, 11) is 0. The molecule has 4 aromatic rings. The Balaban J connectivity index is 1.25. The number of amides is 1. The molecule has 0 radical (unpaired) electrons. The molecule has 5 rings (SSSR count). The molecule has 0 atom stereocenters. The SMILES string of the molecule is O=C(NCc1ncc2c(n1)CCC2)c1cc(Cn2cnc3ccccc32)[nH]n1. The largest absolute Gasteiger partial charge is 0.343 e. The second-order valence-electron chi connectivity index (χ2n) is 6.93. The minimum Gasteiger partial charge on any atom is -0.343 e. The van der Waals surface area contributed by atoms with Gasteiger partial charge in [-0.3, -0.25) is 9.89 Å². The normalized spacial score (nSPS) is 13.0. The van der Waals surface area contributed by atoms with Crippen molar-refractivity contribution in [3.05, 3.63) is 71.3 Å². The predicted octanol–water partition coefficient (Wildman–Crippen LogP) is 2.02. The maximum atomic E-state index is 12.4. The highest BCUT2D eigenvalue weighted by Gasteiger charge is 2.15. The summed E-state index contributed by atoms with van der Waals surface area (Å²) >= 11 is 0. The van der Waals surface area contributed by atoms with Gasteiger partial charge < -0.3 is 9.88 Å². The first-order valence-electron chi connectivity index (χ1n) is 9.32. The van der Waals surface area contributed by atoms with Crippen LogP contribution in [-0.4, -0.2) is 35.6 Å². The molecule has 1 aliphatic rings. The van der Waals surface area contributed by atoms with Gasteiger partial charge in [0.2, 0.25) is 0 Å². The average molecular weight is 373 g/mol. The zero-order valence-electron chi connectivity index (χ0n) is 15.2. The topological polar surface area (TPSA) is 101 Å².